The average molecular weight is 211 g/mol. The fraction of sp³-hybridized carbons (Fsp3) is 1.00. The van der Waals surface area contributed by atoms with E-state index in [2.05, 4.69) is 0 Å². The normalized spacial score (nSPS) is 21.4. The molecule has 0 unspecified atom stereocenters. The third-order valence-corrected chi connectivity index (χ3v) is 2.52. The van der Waals surface area contributed by atoms with Gasteiger partial charge in [-0.25, -0.2) is 0 Å². The first kappa shape index (κ1) is 11.8. The average Bonchev–Trinajstić information content (AvgIpc) is 2.45. The van der Waals surface area contributed by atoms with Gasteiger partial charge < -0.3 is 10.5 Å². The Morgan fingerprint density at radius 1 is 1.21 bits per heavy atom. The quantitative estimate of drug-likeness (QED) is 0.724. The highest BCUT2D eigenvalue weighted by molar-refractivity contribution is 4.88. The summed E-state index contributed by atoms with van der Waals surface area (Å²) in [6.07, 6.45) is -1.18. The first-order chi connectivity index (χ1) is 6.41. The van der Waals surface area contributed by atoms with Crippen LogP contribution in [0, 0.1) is 0 Å². The number of hydrogen-bond acceptors (Lipinski definition) is 2. The predicted octanol–water partition coefficient (Wildman–Crippen LogP) is 2.23. The predicted molar refractivity (Wildman–Crippen MR) is 46.9 cm³/mol. The lowest BCUT2D eigenvalue weighted by molar-refractivity contribution is -0.146. The van der Waals surface area contributed by atoms with Gasteiger partial charge in [0.15, 0.2) is 0 Å². The van der Waals surface area contributed by atoms with Gasteiger partial charge in [0.05, 0.1) is 19.6 Å². The number of ether oxygens (including phenoxy) is 1. The van der Waals surface area contributed by atoms with E-state index in [1.54, 1.807) is 0 Å². The summed E-state index contributed by atoms with van der Waals surface area (Å²) in [6, 6.07) is 0. The third kappa shape index (κ3) is 4.28. The van der Waals surface area contributed by atoms with Crippen LogP contribution < -0.4 is 5.73 Å². The molecule has 1 aliphatic carbocycles. The minimum absolute atomic E-state index is 0.253. The monoisotopic (exact) mass is 211 g/mol. The van der Waals surface area contributed by atoms with Crippen molar-refractivity contribution in [2.24, 2.45) is 5.73 Å². The standard InChI is InChI=1S/C9H16F3NO/c10-9(11,12)5-6-14-7-8(13)3-1-2-4-8/h1-7,13H2. The maximum Gasteiger partial charge on any atom is 0.391 e. The molecule has 0 heterocycles. The van der Waals surface area contributed by atoms with Crippen molar-refractivity contribution in [1.82, 2.24) is 0 Å². The fourth-order valence-electron chi connectivity index (χ4n) is 1.69. The second-order valence-corrected chi connectivity index (χ2v) is 3.99. The lowest BCUT2D eigenvalue weighted by Crippen LogP contribution is -2.41. The van der Waals surface area contributed by atoms with Crippen LogP contribution in [0.3, 0.4) is 0 Å². The van der Waals surface area contributed by atoms with E-state index >= 15 is 0 Å². The Morgan fingerprint density at radius 2 is 1.79 bits per heavy atom. The lowest BCUT2D eigenvalue weighted by atomic mass is 10.0. The van der Waals surface area contributed by atoms with Crippen LogP contribution in [-0.4, -0.2) is 24.9 Å². The van der Waals surface area contributed by atoms with Crippen LogP contribution in [0.15, 0.2) is 0 Å². The summed E-state index contributed by atoms with van der Waals surface area (Å²) < 4.78 is 40.2. The summed E-state index contributed by atoms with van der Waals surface area (Å²) in [5.41, 5.74) is 5.53. The Kier molecular flexibility index (Phi) is 3.78. The van der Waals surface area contributed by atoms with Crippen LogP contribution in [0.1, 0.15) is 32.1 Å². The number of nitrogens with two attached hydrogens (primary N) is 1. The molecule has 0 saturated heterocycles. The Balaban J connectivity index is 2.09. The number of rotatable bonds is 4. The van der Waals surface area contributed by atoms with Crippen LogP contribution in [0.5, 0.6) is 0 Å². The van der Waals surface area contributed by atoms with E-state index in [1.165, 1.54) is 0 Å². The summed E-state index contributed by atoms with van der Waals surface area (Å²) in [5.74, 6) is 0. The second kappa shape index (κ2) is 4.49. The van der Waals surface area contributed by atoms with Gasteiger partial charge in [-0.2, -0.15) is 13.2 Å². The zero-order chi connectivity index (χ0) is 10.7. The molecule has 14 heavy (non-hydrogen) atoms. The number of alkyl halides is 3. The van der Waals surface area contributed by atoms with Crippen LogP contribution in [0.25, 0.3) is 0 Å². The van der Waals surface area contributed by atoms with Gasteiger partial charge in [0.25, 0.3) is 0 Å². The van der Waals surface area contributed by atoms with E-state index in [4.69, 9.17) is 10.5 Å². The molecule has 0 aromatic carbocycles. The van der Waals surface area contributed by atoms with Crippen LogP contribution >= 0.6 is 0 Å². The SMILES string of the molecule is NC1(COCCC(F)(F)F)CCCC1. The Labute approximate surface area is 81.6 Å². The first-order valence-electron chi connectivity index (χ1n) is 4.85. The molecule has 0 bridgehead atoms. The van der Waals surface area contributed by atoms with Gasteiger partial charge in [-0.05, 0) is 12.8 Å². The van der Waals surface area contributed by atoms with E-state index in [1.807, 2.05) is 0 Å². The molecular weight excluding hydrogens is 195 g/mol. The van der Waals surface area contributed by atoms with E-state index in [9.17, 15) is 13.2 Å². The molecule has 0 radical (unpaired) electrons. The fourth-order valence-corrected chi connectivity index (χ4v) is 1.69. The number of hydrogen-bond donors (Lipinski definition) is 1. The number of halogens is 3. The molecule has 0 amide bonds. The minimum Gasteiger partial charge on any atom is -0.379 e. The molecule has 0 spiro atoms. The van der Waals surface area contributed by atoms with Crippen LogP contribution in [0.4, 0.5) is 13.2 Å². The Hall–Kier alpha value is -0.290. The van der Waals surface area contributed by atoms with Gasteiger partial charge in [0.2, 0.25) is 0 Å². The summed E-state index contributed by atoms with van der Waals surface area (Å²) >= 11 is 0. The van der Waals surface area contributed by atoms with Gasteiger partial charge in [0, 0.05) is 5.54 Å². The van der Waals surface area contributed by atoms with Crippen molar-refractivity contribution < 1.29 is 17.9 Å². The zero-order valence-corrected chi connectivity index (χ0v) is 8.07. The van der Waals surface area contributed by atoms with Crippen LogP contribution in [0.2, 0.25) is 0 Å². The summed E-state index contributed by atoms with van der Waals surface area (Å²) in [6.45, 7) is -0.0223. The van der Waals surface area contributed by atoms with Gasteiger partial charge in [-0.1, -0.05) is 12.8 Å². The highest BCUT2D eigenvalue weighted by Gasteiger charge is 2.31. The summed E-state index contributed by atoms with van der Waals surface area (Å²) in [7, 11) is 0. The van der Waals surface area contributed by atoms with Crippen molar-refractivity contribution in [2.45, 2.75) is 43.8 Å². The highest BCUT2D eigenvalue weighted by atomic mass is 19.4. The molecule has 0 atom stereocenters. The maximum absolute atomic E-state index is 11.7. The largest absolute Gasteiger partial charge is 0.391 e. The smallest absolute Gasteiger partial charge is 0.379 e. The van der Waals surface area contributed by atoms with Crippen molar-refractivity contribution in [3.05, 3.63) is 0 Å². The zero-order valence-electron chi connectivity index (χ0n) is 8.07. The van der Waals surface area contributed by atoms with Crippen molar-refractivity contribution >= 4 is 0 Å². The molecule has 0 aliphatic heterocycles. The molecule has 1 rings (SSSR count). The molecule has 1 aliphatic rings. The van der Waals surface area contributed by atoms with Crippen molar-refractivity contribution in [2.75, 3.05) is 13.2 Å². The van der Waals surface area contributed by atoms with Crippen molar-refractivity contribution in [3.8, 4) is 0 Å². The Bertz CT molecular complexity index is 175. The third-order valence-electron chi connectivity index (χ3n) is 2.52. The summed E-state index contributed by atoms with van der Waals surface area (Å²) in [4.78, 5) is 0. The molecule has 0 aromatic heterocycles. The van der Waals surface area contributed by atoms with Crippen molar-refractivity contribution in [3.63, 3.8) is 0 Å². The van der Waals surface area contributed by atoms with E-state index < -0.39 is 12.6 Å². The van der Waals surface area contributed by atoms with Gasteiger partial charge in [-0.3, -0.25) is 0 Å². The van der Waals surface area contributed by atoms with Crippen molar-refractivity contribution in [1.29, 1.82) is 0 Å². The second-order valence-electron chi connectivity index (χ2n) is 3.99. The molecule has 2 nitrogen and oxygen atoms in total. The molecule has 2 N–H and O–H groups in total. The topological polar surface area (TPSA) is 35.2 Å². The van der Waals surface area contributed by atoms with Gasteiger partial charge >= 0.3 is 6.18 Å². The first-order valence-corrected chi connectivity index (χ1v) is 4.85. The molecule has 1 fully saturated rings. The molecular formula is C9H16F3NO. The van der Waals surface area contributed by atoms with E-state index in [-0.39, 0.29) is 18.8 Å². The molecule has 1 saturated carbocycles. The van der Waals surface area contributed by atoms with Gasteiger partial charge in [0.1, 0.15) is 0 Å². The minimum atomic E-state index is -4.13. The van der Waals surface area contributed by atoms with Gasteiger partial charge in [-0.15, -0.1) is 0 Å². The Morgan fingerprint density at radius 3 is 2.29 bits per heavy atom. The molecule has 84 valence electrons. The summed E-state index contributed by atoms with van der Waals surface area (Å²) in [5, 5.41) is 0. The van der Waals surface area contributed by atoms with Crippen LogP contribution in [-0.2, 0) is 4.74 Å². The molecule has 5 heteroatoms. The van der Waals surface area contributed by atoms with E-state index in [0.717, 1.165) is 25.7 Å². The molecule has 0 aromatic rings. The van der Waals surface area contributed by atoms with E-state index in [0.29, 0.717) is 0 Å². The highest BCUT2D eigenvalue weighted by Crippen LogP contribution is 2.27. The maximum atomic E-state index is 11.7. The lowest BCUT2D eigenvalue weighted by Gasteiger charge is -2.23.